The summed E-state index contributed by atoms with van der Waals surface area (Å²) < 4.78 is 0. The summed E-state index contributed by atoms with van der Waals surface area (Å²) in [4.78, 5) is 18.7. The third kappa shape index (κ3) is 5.35. The first-order chi connectivity index (χ1) is 9.53. The van der Waals surface area contributed by atoms with Crippen LogP contribution in [0.2, 0.25) is 0 Å². The maximum absolute atomic E-state index is 11.5. The van der Waals surface area contributed by atoms with E-state index in [0.717, 1.165) is 30.8 Å². The van der Waals surface area contributed by atoms with Gasteiger partial charge in [0.1, 0.15) is 5.54 Å². The summed E-state index contributed by atoms with van der Waals surface area (Å²) in [6.07, 6.45) is 2.47. The first-order valence-electron chi connectivity index (χ1n) is 6.92. The number of nitriles is 1. The molecular formula is C14H22N4OS. The number of aryl methyl sites for hydroxylation is 1. The monoisotopic (exact) mass is 294 g/mol. The van der Waals surface area contributed by atoms with Gasteiger partial charge in [-0.25, -0.2) is 4.98 Å². The number of nitrogens with one attached hydrogen (secondary N) is 2. The van der Waals surface area contributed by atoms with Gasteiger partial charge in [-0.3, -0.25) is 10.1 Å². The van der Waals surface area contributed by atoms with E-state index in [9.17, 15) is 10.1 Å². The topological polar surface area (TPSA) is 81.6 Å². The van der Waals surface area contributed by atoms with Crippen LogP contribution in [0, 0.1) is 11.3 Å². The van der Waals surface area contributed by atoms with Gasteiger partial charge in [0.2, 0.25) is 0 Å². The fraction of sp³-hybridized carbons (Fsp3) is 0.643. The average molecular weight is 294 g/mol. The molecule has 2 N–H and O–H groups in total. The predicted molar refractivity (Wildman–Crippen MR) is 81.9 cm³/mol. The van der Waals surface area contributed by atoms with Crippen LogP contribution >= 0.6 is 11.8 Å². The molecule has 1 unspecified atom stereocenters. The highest BCUT2D eigenvalue weighted by atomic mass is 32.2. The number of nitrogens with zero attached hydrogens (tertiary/aromatic N) is 2. The molecule has 1 atom stereocenters. The zero-order valence-corrected chi connectivity index (χ0v) is 13.1. The summed E-state index contributed by atoms with van der Waals surface area (Å²) in [5, 5.41) is 13.0. The van der Waals surface area contributed by atoms with Gasteiger partial charge in [-0.05, 0) is 26.3 Å². The van der Waals surface area contributed by atoms with Crippen molar-refractivity contribution < 1.29 is 0 Å². The van der Waals surface area contributed by atoms with Crippen LogP contribution in [0.15, 0.2) is 16.0 Å². The number of thioether (sulfide) groups is 1. The largest absolute Gasteiger partial charge is 0.301 e. The number of hydrogen-bond acceptors (Lipinski definition) is 5. The van der Waals surface area contributed by atoms with Gasteiger partial charge in [0, 0.05) is 17.5 Å². The van der Waals surface area contributed by atoms with E-state index in [4.69, 9.17) is 0 Å². The second-order valence-electron chi connectivity index (χ2n) is 4.86. The maximum Gasteiger partial charge on any atom is 0.251 e. The molecule has 1 aromatic heterocycles. The van der Waals surface area contributed by atoms with Crippen LogP contribution in [0.1, 0.15) is 39.3 Å². The van der Waals surface area contributed by atoms with Crippen LogP contribution < -0.4 is 10.9 Å². The molecule has 1 heterocycles. The Morgan fingerprint density at radius 1 is 1.55 bits per heavy atom. The third-order valence-corrected chi connectivity index (χ3v) is 3.81. The lowest BCUT2D eigenvalue weighted by atomic mass is 10.0. The highest BCUT2D eigenvalue weighted by Crippen LogP contribution is 2.18. The molecule has 0 radical (unpaired) electrons. The number of H-pyrrole nitrogens is 1. The fourth-order valence-electron chi connectivity index (χ4n) is 1.86. The molecule has 20 heavy (non-hydrogen) atoms. The average Bonchev–Trinajstić information content (AvgIpc) is 2.39. The van der Waals surface area contributed by atoms with Crippen LogP contribution in [0.4, 0.5) is 0 Å². The first-order valence-corrected chi connectivity index (χ1v) is 7.91. The van der Waals surface area contributed by atoms with Crippen molar-refractivity contribution in [2.45, 2.75) is 50.7 Å². The van der Waals surface area contributed by atoms with E-state index in [1.54, 1.807) is 6.07 Å². The molecule has 110 valence electrons. The van der Waals surface area contributed by atoms with Crippen molar-refractivity contribution in [1.82, 2.24) is 15.3 Å². The van der Waals surface area contributed by atoms with Crippen LogP contribution in [-0.2, 0) is 6.42 Å². The molecule has 6 heteroatoms. The molecule has 0 aliphatic carbocycles. The maximum atomic E-state index is 11.5. The predicted octanol–water partition coefficient (Wildman–Crippen LogP) is 2.10. The molecule has 0 aliphatic rings. The van der Waals surface area contributed by atoms with Crippen molar-refractivity contribution in [1.29, 1.82) is 5.26 Å². The zero-order chi connectivity index (χ0) is 15.0. The summed E-state index contributed by atoms with van der Waals surface area (Å²) >= 11 is 1.48. The molecule has 0 amide bonds. The molecule has 0 fully saturated rings. The molecule has 0 spiro atoms. The van der Waals surface area contributed by atoms with E-state index in [-0.39, 0.29) is 5.56 Å². The van der Waals surface area contributed by atoms with Gasteiger partial charge in [-0.1, -0.05) is 32.0 Å². The van der Waals surface area contributed by atoms with E-state index < -0.39 is 5.54 Å². The third-order valence-electron chi connectivity index (χ3n) is 2.93. The summed E-state index contributed by atoms with van der Waals surface area (Å²) in [7, 11) is 0. The minimum atomic E-state index is -0.525. The van der Waals surface area contributed by atoms with Gasteiger partial charge in [0.25, 0.3) is 5.56 Å². The molecule has 0 bridgehead atoms. The van der Waals surface area contributed by atoms with Crippen molar-refractivity contribution in [2.75, 3.05) is 12.3 Å². The lowest BCUT2D eigenvalue weighted by Gasteiger charge is -2.21. The summed E-state index contributed by atoms with van der Waals surface area (Å²) in [6.45, 7) is 6.69. The van der Waals surface area contributed by atoms with Crippen LogP contribution in [-0.4, -0.2) is 27.8 Å². The number of hydrogen-bond donors (Lipinski definition) is 2. The summed E-state index contributed by atoms with van der Waals surface area (Å²) in [6, 6.07) is 3.84. The minimum Gasteiger partial charge on any atom is -0.301 e. The number of rotatable bonds is 8. The van der Waals surface area contributed by atoms with Crippen LogP contribution in [0.3, 0.4) is 0 Å². The van der Waals surface area contributed by atoms with Crippen LogP contribution in [0.25, 0.3) is 0 Å². The van der Waals surface area contributed by atoms with Crippen molar-refractivity contribution in [2.24, 2.45) is 0 Å². The lowest BCUT2D eigenvalue weighted by Crippen LogP contribution is -2.41. The van der Waals surface area contributed by atoms with Crippen molar-refractivity contribution in [3.8, 4) is 6.07 Å². The van der Waals surface area contributed by atoms with E-state index in [1.807, 2.05) is 13.8 Å². The van der Waals surface area contributed by atoms with Gasteiger partial charge in [-0.15, -0.1) is 0 Å². The van der Waals surface area contributed by atoms with E-state index in [0.29, 0.717) is 11.6 Å². The number of aromatic nitrogens is 2. The van der Waals surface area contributed by atoms with E-state index >= 15 is 0 Å². The standard InChI is InChI=1S/C14H22N4OS/c1-4-6-11-9-12(19)18-13(17-11)20-8-7-14(3,10-15)16-5-2/h9,16H,4-8H2,1-3H3,(H,17,18,19). The van der Waals surface area contributed by atoms with Gasteiger partial charge < -0.3 is 4.98 Å². The summed E-state index contributed by atoms with van der Waals surface area (Å²) in [5.41, 5.74) is 0.192. The second kappa shape index (κ2) is 8.08. The van der Waals surface area contributed by atoms with Crippen molar-refractivity contribution >= 4 is 11.8 Å². The van der Waals surface area contributed by atoms with Gasteiger partial charge in [0.15, 0.2) is 5.16 Å². The van der Waals surface area contributed by atoms with Crippen molar-refractivity contribution in [3.05, 3.63) is 22.1 Å². The molecule has 1 aromatic rings. The Bertz CT molecular complexity index is 523. The normalized spacial score (nSPS) is 13.7. The highest BCUT2D eigenvalue weighted by molar-refractivity contribution is 7.99. The minimum absolute atomic E-state index is 0.110. The highest BCUT2D eigenvalue weighted by Gasteiger charge is 2.21. The zero-order valence-electron chi connectivity index (χ0n) is 12.3. The van der Waals surface area contributed by atoms with Gasteiger partial charge in [0.05, 0.1) is 6.07 Å². The van der Waals surface area contributed by atoms with Gasteiger partial charge in [-0.2, -0.15) is 5.26 Å². The lowest BCUT2D eigenvalue weighted by molar-refractivity contribution is 0.450. The van der Waals surface area contributed by atoms with E-state index in [2.05, 4.69) is 28.3 Å². The first kappa shape index (κ1) is 16.7. The Morgan fingerprint density at radius 2 is 2.30 bits per heavy atom. The number of aromatic amines is 1. The van der Waals surface area contributed by atoms with E-state index in [1.165, 1.54) is 11.8 Å². The van der Waals surface area contributed by atoms with Crippen LogP contribution in [0.5, 0.6) is 0 Å². The Labute approximate surface area is 124 Å². The quantitative estimate of drug-likeness (QED) is 0.567. The van der Waals surface area contributed by atoms with Crippen molar-refractivity contribution in [3.63, 3.8) is 0 Å². The Hall–Kier alpha value is -1.32. The molecule has 0 aliphatic heterocycles. The molecule has 5 nitrogen and oxygen atoms in total. The fourth-order valence-corrected chi connectivity index (χ4v) is 2.92. The Balaban J connectivity index is 2.62. The Morgan fingerprint density at radius 3 is 2.90 bits per heavy atom. The smallest absolute Gasteiger partial charge is 0.251 e. The molecule has 0 aromatic carbocycles. The second-order valence-corrected chi connectivity index (χ2v) is 5.95. The molecular weight excluding hydrogens is 272 g/mol. The molecule has 0 saturated heterocycles. The molecule has 1 rings (SSSR count). The SMILES string of the molecule is CCCc1cc(=O)[nH]c(SCCC(C)(C#N)NCC)n1. The summed E-state index contributed by atoms with van der Waals surface area (Å²) in [5.74, 6) is 0.732. The molecule has 0 saturated carbocycles. The van der Waals surface area contributed by atoms with Gasteiger partial charge >= 0.3 is 0 Å². The Kier molecular flexibility index (Phi) is 6.76.